The molecular formula is C13H21BrNO+. The summed E-state index contributed by atoms with van der Waals surface area (Å²) >= 11 is 3.45. The Bertz CT molecular complexity index is 324. The summed E-state index contributed by atoms with van der Waals surface area (Å²) in [5.41, 5.74) is 1.18. The summed E-state index contributed by atoms with van der Waals surface area (Å²) < 4.78 is 6.89. The van der Waals surface area contributed by atoms with Gasteiger partial charge in [0.05, 0.1) is 13.1 Å². The van der Waals surface area contributed by atoms with Crippen LogP contribution in [0.15, 0.2) is 22.7 Å². The van der Waals surface area contributed by atoms with Crippen LogP contribution in [0.2, 0.25) is 0 Å². The zero-order valence-electron chi connectivity index (χ0n) is 10.3. The highest BCUT2D eigenvalue weighted by Gasteiger charge is 2.04. The molecule has 0 aliphatic heterocycles. The van der Waals surface area contributed by atoms with Crippen LogP contribution < -0.4 is 9.64 Å². The molecular weight excluding hydrogens is 266 g/mol. The third-order valence-electron chi connectivity index (χ3n) is 2.85. The van der Waals surface area contributed by atoms with Crippen LogP contribution in [-0.4, -0.2) is 26.2 Å². The topological polar surface area (TPSA) is 13.7 Å². The lowest BCUT2D eigenvalue weighted by molar-refractivity contribution is -0.896. The Balaban J connectivity index is 2.42. The first kappa shape index (κ1) is 13.5. The van der Waals surface area contributed by atoms with E-state index in [1.54, 1.807) is 4.90 Å². The fraction of sp³-hybridized carbons (Fsp3) is 0.538. The van der Waals surface area contributed by atoms with Gasteiger partial charge in [-0.25, -0.2) is 0 Å². The van der Waals surface area contributed by atoms with Gasteiger partial charge in [-0.1, -0.05) is 15.9 Å². The monoisotopic (exact) mass is 286 g/mol. The number of benzene rings is 1. The molecule has 2 nitrogen and oxygen atoms in total. The molecule has 0 radical (unpaired) electrons. The molecule has 0 aromatic heterocycles. The molecule has 0 atom stereocenters. The molecule has 0 saturated carbocycles. The summed E-state index contributed by atoms with van der Waals surface area (Å²) in [6.45, 7) is 10.7. The smallest absolute Gasteiger partial charge is 0.137 e. The van der Waals surface area contributed by atoms with Crippen LogP contribution in [0.3, 0.4) is 0 Å². The number of ether oxygens (including phenoxy) is 1. The zero-order valence-corrected chi connectivity index (χ0v) is 11.9. The fourth-order valence-corrected chi connectivity index (χ4v) is 2.16. The number of rotatable bonds is 6. The van der Waals surface area contributed by atoms with Crippen molar-refractivity contribution < 1.29 is 9.64 Å². The Hall–Kier alpha value is -0.540. The number of halogens is 1. The van der Waals surface area contributed by atoms with Crippen LogP contribution in [0.1, 0.15) is 19.4 Å². The normalized spacial score (nSPS) is 10.8. The number of hydrogen-bond acceptors (Lipinski definition) is 1. The lowest BCUT2D eigenvalue weighted by Crippen LogP contribution is -3.12. The number of hydrogen-bond donors (Lipinski definition) is 1. The highest BCUT2D eigenvalue weighted by atomic mass is 79.9. The predicted octanol–water partition coefficient (Wildman–Crippen LogP) is 2.06. The minimum Gasteiger partial charge on any atom is -0.487 e. The zero-order chi connectivity index (χ0) is 12.0. The standard InChI is InChI=1S/C13H20BrNO/c1-4-15(5-2)8-9-16-13-7-6-12(14)10-11(13)3/h6-7,10H,4-5,8-9H2,1-3H3/p+1. The molecule has 0 heterocycles. The van der Waals surface area contributed by atoms with E-state index in [9.17, 15) is 0 Å². The van der Waals surface area contributed by atoms with Gasteiger partial charge in [0.15, 0.2) is 0 Å². The van der Waals surface area contributed by atoms with E-state index in [2.05, 4.69) is 42.8 Å². The van der Waals surface area contributed by atoms with Crippen molar-refractivity contribution in [1.29, 1.82) is 0 Å². The number of quaternary nitrogens is 1. The Morgan fingerprint density at radius 3 is 2.50 bits per heavy atom. The van der Waals surface area contributed by atoms with Gasteiger partial charge in [-0.05, 0) is 44.5 Å². The van der Waals surface area contributed by atoms with E-state index in [1.165, 1.54) is 18.7 Å². The van der Waals surface area contributed by atoms with E-state index < -0.39 is 0 Å². The van der Waals surface area contributed by atoms with E-state index in [0.717, 1.165) is 23.4 Å². The van der Waals surface area contributed by atoms with Crippen molar-refractivity contribution in [2.24, 2.45) is 0 Å². The van der Waals surface area contributed by atoms with Gasteiger partial charge in [-0.2, -0.15) is 0 Å². The first-order valence-corrected chi connectivity index (χ1v) is 6.69. The molecule has 0 unspecified atom stereocenters. The van der Waals surface area contributed by atoms with Crippen LogP contribution in [0, 0.1) is 6.92 Å². The molecule has 3 heteroatoms. The summed E-state index contributed by atoms with van der Waals surface area (Å²) in [4.78, 5) is 1.58. The first-order chi connectivity index (χ1) is 7.67. The Labute approximate surface area is 107 Å². The molecule has 0 aliphatic carbocycles. The number of likely N-dealkylation sites (N-methyl/N-ethyl adjacent to an activating group) is 1. The molecule has 0 bridgehead atoms. The van der Waals surface area contributed by atoms with Crippen molar-refractivity contribution in [3.8, 4) is 5.75 Å². The average Bonchev–Trinajstić information content (AvgIpc) is 2.27. The van der Waals surface area contributed by atoms with Gasteiger partial charge < -0.3 is 9.64 Å². The number of nitrogens with one attached hydrogen (secondary N) is 1. The molecule has 0 saturated heterocycles. The fourth-order valence-electron chi connectivity index (χ4n) is 1.68. The lowest BCUT2D eigenvalue weighted by Gasteiger charge is -2.16. The number of aryl methyl sites for hydroxylation is 1. The minimum absolute atomic E-state index is 0.791. The Morgan fingerprint density at radius 1 is 1.25 bits per heavy atom. The molecule has 0 fully saturated rings. The molecule has 1 aromatic carbocycles. The van der Waals surface area contributed by atoms with Gasteiger partial charge >= 0.3 is 0 Å². The van der Waals surface area contributed by atoms with Gasteiger partial charge in [0, 0.05) is 4.47 Å². The van der Waals surface area contributed by atoms with E-state index in [0.29, 0.717) is 0 Å². The summed E-state index contributed by atoms with van der Waals surface area (Å²) in [5, 5.41) is 0. The van der Waals surface area contributed by atoms with Crippen molar-refractivity contribution >= 4 is 15.9 Å². The van der Waals surface area contributed by atoms with Crippen LogP contribution in [-0.2, 0) is 0 Å². The second-order valence-electron chi connectivity index (χ2n) is 3.97. The molecule has 1 aromatic rings. The molecule has 90 valence electrons. The molecule has 1 rings (SSSR count). The second kappa shape index (κ2) is 6.92. The van der Waals surface area contributed by atoms with Crippen LogP contribution in [0.5, 0.6) is 5.75 Å². The van der Waals surface area contributed by atoms with Crippen LogP contribution in [0.25, 0.3) is 0 Å². The van der Waals surface area contributed by atoms with Crippen molar-refractivity contribution in [2.75, 3.05) is 26.2 Å². The maximum atomic E-state index is 5.78. The van der Waals surface area contributed by atoms with Gasteiger partial charge in [-0.3, -0.25) is 0 Å². The minimum atomic E-state index is 0.791. The maximum absolute atomic E-state index is 5.78. The largest absolute Gasteiger partial charge is 0.487 e. The van der Waals surface area contributed by atoms with Crippen LogP contribution in [0.4, 0.5) is 0 Å². The van der Waals surface area contributed by atoms with Gasteiger partial charge in [0.2, 0.25) is 0 Å². The Morgan fingerprint density at radius 2 is 1.94 bits per heavy atom. The highest BCUT2D eigenvalue weighted by Crippen LogP contribution is 2.21. The summed E-state index contributed by atoms with van der Waals surface area (Å²) in [5.74, 6) is 0.995. The molecule has 0 aliphatic rings. The third kappa shape index (κ3) is 4.14. The van der Waals surface area contributed by atoms with Crippen molar-refractivity contribution in [1.82, 2.24) is 0 Å². The first-order valence-electron chi connectivity index (χ1n) is 5.89. The Kier molecular flexibility index (Phi) is 5.85. The van der Waals surface area contributed by atoms with Gasteiger partial charge in [0.1, 0.15) is 18.9 Å². The van der Waals surface area contributed by atoms with E-state index in [1.807, 2.05) is 12.1 Å². The van der Waals surface area contributed by atoms with Gasteiger partial charge in [-0.15, -0.1) is 0 Å². The average molecular weight is 287 g/mol. The van der Waals surface area contributed by atoms with E-state index >= 15 is 0 Å². The SMILES string of the molecule is CC[NH+](CC)CCOc1ccc(Br)cc1C. The van der Waals surface area contributed by atoms with Crippen molar-refractivity contribution in [3.05, 3.63) is 28.2 Å². The highest BCUT2D eigenvalue weighted by molar-refractivity contribution is 9.10. The van der Waals surface area contributed by atoms with E-state index in [4.69, 9.17) is 4.74 Å². The second-order valence-corrected chi connectivity index (χ2v) is 4.88. The molecule has 0 spiro atoms. The van der Waals surface area contributed by atoms with E-state index in [-0.39, 0.29) is 0 Å². The molecule has 16 heavy (non-hydrogen) atoms. The van der Waals surface area contributed by atoms with Crippen LogP contribution >= 0.6 is 15.9 Å². The quantitative estimate of drug-likeness (QED) is 0.845. The summed E-state index contributed by atoms with van der Waals surface area (Å²) in [7, 11) is 0. The molecule has 0 amide bonds. The predicted molar refractivity (Wildman–Crippen MR) is 71.3 cm³/mol. The third-order valence-corrected chi connectivity index (χ3v) is 3.34. The van der Waals surface area contributed by atoms with Crippen molar-refractivity contribution in [2.45, 2.75) is 20.8 Å². The summed E-state index contributed by atoms with van der Waals surface area (Å²) in [6.07, 6.45) is 0. The maximum Gasteiger partial charge on any atom is 0.137 e. The van der Waals surface area contributed by atoms with Gasteiger partial charge in [0.25, 0.3) is 0 Å². The lowest BCUT2D eigenvalue weighted by atomic mass is 10.2. The van der Waals surface area contributed by atoms with Crippen molar-refractivity contribution in [3.63, 3.8) is 0 Å². The molecule has 1 N–H and O–H groups in total. The summed E-state index contributed by atoms with van der Waals surface area (Å²) in [6, 6.07) is 6.13.